The molecule has 0 unspecified atom stereocenters. The SMILES string of the molecule is COc1ccc(NC(=O)COc2c(C)nn(C)c2C)c(C(=O)O)c1. The van der Waals surface area contributed by atoms with Gasteiger partial charge in [0.15, 0.2) is 12.4 Å². The molecule has 1 aromatic carbocycles. The van der Waals surface area contributed by atoms with Gasteiger partial charge in [-0.25, -0.2) is 4.79 Å². The molecule has 1 aromatic heterocycles. The van der Waals surface area contributed by atoms with Crippen molar-refractivity contribution in [2.75, 3.05) is 19.0 Å². The monoisotopic (exact) mass is 333 g/mol. The van der Waals surface area contributed by atoms with Crippen molar-refractivity contribution in [3.8, 4) is 11.5 Å². The van der Waals surface area contributed by atoms with Gasteiger partial charge < -0.3 is 19.9 Å². The number of amides is 1. The van der Waals surface area contributed by atoms with Crippen LogP contribution in [0.15, 0.2) is 18.2 Å². The van der Waals surface area contributed by atoms with Crippen molar-refractivity contribution >= 4 is 17.6 Å². The third-order valence-corrected chi connectivity index (χ3v) is 3.52. The topological polar surface area (TPSA) is 103 Å². The van der Waals surface area contributed by atoms with Crippen molar-refractivity contribution in [3.63, 3.8) is 0 Å². The normalized spacial score (nSPS) is 10.3. The summed E-state index contributed by atoms with van der Waals surface area (Å²) in [5.74, 6) is -0.696. The Morgan fingerprint density at radius 3 is 2.58 bits per heavy atom. The zero-order valence-electron chi connectivity index (χ0n) is 13.9. The molecular weight excluding hydrogens is 314 g/mol. The summed E-state index contributed by atoms with van der Waals surface area (Å²) in [5.41, 5.74) is 1.60. The van der Waals surface area contributed by atoms with Crippen molar-refractivity contribution in [2.45, 2.75) is 13.8 Å². The van der Waals surface area contributed by atoms with Crippen molar-refractivity contribution in [1.82, 2.24) is 9.78 Å². The molecular formula is C16H19N3O5. The van der Waals surface area contributed by atoms with Gasteiger partial charge in [0, 0.05) is 7.05 Å². The van der Waals surface area contributed by atoms with Gasteiger partial charge >= 0.3 is 5.97 Å². The standard InChI is InChI=1S/C16H19N3O5/c1-9-15(10(2)19(3)18-9)24-8-14(20)17-13-6-5-11(23-4)7-12(13)16(21)22/h5-7H,8H2,1-4H3,(H,17,20)(H,21,22). The second-order valence-corrected chi connectivity index (χ2v) is 5.18. The van der Waals surface area contributed by atoms with Gasteiger partial charge in [0.2, 0.25) is 0 Å². The molecule has 2 aromatic rings. The molecule has 0 fully saturated rings. The smallest absolute Gasteiger partial charge is 0.337 e. The highest BCUT2D eigenvalue weighted by molar-refractivity contribution is 6.01. The first-order valence-corrected chi connectivity index (χ1v) is 7.17. The third kappa shape index (κ3) is 3.65. The molecule has 0 atom stereocenters. The summed E-state index contributed by atoms with van der Waals surface area (Å²) in [5, 5.41) is 16.0. The number of anilines is 1. The van der Waals surface area contributed by atoms with E-state index in [1.807, 2.05) is 6.92 Å². The van der Waals surface area contributed by atoms with Gasteiger partial charge in [0.25, 0.3) is 5.91 Å². The van der Waals surface area contributed by atoms with Crippen molar-refractivity contribution in [2.24, 2.45) is 7.05 Å². The number of ether oxygens (including phenoxy) is 2. The maximum absolute atomic E-state index is 12.1. The molecule has 8 heteroatoms. The van der Waals surface area contributed by atoms with Gasteiger partial charge in [0.1, 0.15) is 11.4 Å². The van der Waals surface area contributed by atoms with Crippen LogP contribution in [0, 0.1) is 13.8 Å². The number of methoxy groups -OCH3 is 1. The van der Waals surface area contributed by atoms with E-state index in [2.05, 4.69) is 10.4 Å². The largest absolute Gasteiger partial charge is 0.497 e. The highest BCUT2D eigenvalue weighted by Crippen LogP contribution is 2.23. The Hall–Kier alpha value is -3.03. The molecule has 0 saturated heterocycles. The Labute approximate surface area is 139 Å². The van der Waals surface area contributed by atoms with E-state index < -0.39 is 11.9 Å². The van der Waals surface area contributed by atoms with Crippen LogP contribution in [0.25, 0.3) is 0 Å². The van der Waals surface area contributed by atoms with E-state index in [9.17, 15) is 14.7 Å². The predicted octanol–water partition coefficient (Wildman–Crippen LogP) is 1.76. The number of carboxylic acids is 1. The summed E-state index contributed by atoms with van der Waals surface area (Å²) in [7, 11) is 3.22. The first-order valence-electron chi connectivity index (χ1n) is 7.17. The Morgan fingerprint density at radius 2 is 2.04 bits per heavy atom. The van der Waals surface area contributed by atoms with E-state index >= 15 is 0 Å². The molecule has 128 valence electrons. The third-order valence-electron chi connectivity index (χ3n) is 3.52. The minimum Gasteiger partial charge on any atom is -0.497 e. The summed E-state index contributed by atoms with van der Waals surface area (Å²) in [6.07, 6.45) is 0. The summed E-state index contributed by atoms with van der Waals surface area (Å²) in [6, 6.07) is 4.38. The highest BCUT2D eigenvalue weighted by atomic mass is 16.5. The zero-order valence-corrected chi connectivity index (χ0v) is 13.9. The second kappa shape index (κ2) is 7.03. The fourth-order valence-corrected chi connectivity index (χ4v) is 2.22. The van der Waals surface area contributed by atoms with Crippen LogP contribution >= 0.6 is 0 Å². The van der Waals surface area contributed by atoms with E-state index in [4.69, 9.17) is 9.47 Å². The number of nitrogens with zero attached hydrogens (tertiary/aromatic N) is 2. The lowest BCUT2D eigenvalue weighted by atomic mass is 10.1. The van der Waals surface area contributed by atoms with Crippen LogP contribution in [0.3, 0.4) is 0 Å². The predicted molar refractivity (Wildman–Crippen MR) is 86.8 cm³/mol. The number of carbonyl (C=O) groups is 2. The number of carbonyl (C=O) groups excluding carboxylic acids is 1. The quantitative estimate of drug-likeness (QED) is 0.835. The Bertz CT molecular complexity index is 782. The maximum atomic E-state index is 12.1. The first kappa shape index (κ1) is 17.3. The molecule has 0 radical (unpaired) electrons. The zero-order chi connectivity index (χ0) is 17.9. The molecule has 0 bridgehead atoms. The summed E-state index contributed by atoms with van der Waals surface area (Å²) >= 11 is 0. The number of hydrogen-bond donors (Lipinski definition) is 2. The average Bonchev–Trinajstić information content (AvgIpc) is 2.78. The van der Waals surface area contributed by atoms with E-state index in [-0.39, 0.29) is 17.9 Å². The Morgan fingerprint density at radius 1 is 1.33 bits per heavy atom. The summed E-state index contributed by atoms with van der Waals surface area (Å²) in [6.45, 7) is 3.37. The lowest BCUT2D eigenvalue weighted by Crippen LogP contribution is -2.22. The van der Waals surface area contributed by atoms with Crippen LogP contribution in [0.5, 0.6) is 11.5 Å². The molecule has 1 amide bonds. The molecule has 2 N–H and O–H groups in total. The summed E-state index contributed by atoms with van der Waals surface area (Å²) < 4.78 is 12.2. The fourth-order valence-electron chi connectivity index (χ4n) is 2.22. The molecule has 0 saturated carbocycles. The first-order chi connectivity index (χ1) is 11.3. The lowest BCUT2D eigenvalue weighted by molar-refractivity contribution is -0.118. The number of aryl methyl sites for hydroxylation is 2. The van der Waals surface area contributed by atoms with Crippen LogP contribution in [0.1, 0.15) is 21.7 Å². The van der Waals surface area contributed by atoms with Crippen molar-refractivity contribution in [3.05, 3.63) is 35.2 Å². The maximum Gasteiger partial charge on any atom is 0.337 e. The van der Waals surface area contributed by atoms with Crippen molar-refractivity contribution < 1.29 is 24.2 Å². The van der Waals surface area contributed by atoms with E-state index in [0.717, 1.165) is 5.69 Å². The van der Waals surface area contributed by atoms with Crippen molar-refractivity contribution in [1.29, 1.82) is 0 Å². The molecule has 24 heavy (non-hydrogen) atoms. The molecule has 0 spiro atoms. The molecule has 0 aliphatic rings. The van der Waals surface area contributed by atoms with E-state index in [0.29, 0.717) is 17.2 Å². The minimum atomic E-state index is -1.16. The van der Waals surface area contributed by atoms with Crippen LogP contribution < -0.4 is 14.8 Å². The number of nitrogens with one attached hydrogen (secondary N) is 1. The molecule has 2 rings (SSSR count). The molecule has 0 aliphatic heterocycles. The Kier molecular flexibility index (Phi) is 5.08. The Balaban J connectivity index is 2.08. The van der Waals surface area contributed by atoms with Gasteiger partial charge in [-0.3, -0.25) is 9.48 Å². The average molecular weight is 333 g/mol. The summed E-state index contributed by atoms with van der Waals surface area (Å²) in [4.78, 5) is 23.4. The number of aromatic carboxylic acids is 1. The van der Waals surface area contributed by atoms with Gasteiger partial charge in [0.05, 0.1) is 24.1 Å². The lowest BCUT2D eigenvalue weighted by Gasteiger charge is -2.11. The number of benzene rings is 1. The number of carboxylic acid groups (broad SMARTS) is 1. The van der Waals surface area contributed by atoms with E-state index in [1.54, 1.807) is 24.7 Å². The van der Waals surface area contributed by atoms with Gasteiger partial charge in [-0.15, -0.1) is 0 Å². The second-order valence-electron chi connectivity index (χ2n) is 5.18. The van der Waals surface area contributed by atoms with Crippen LogP contribution in [-0.2, 0) is 11.8 Å². The number of rotatable bonds is 6. The van der Waals surface area contributed by atoms with E-state index in [1.165, 1.54) is 19.2 Å². The number of aromatic nitrogens is 2. The number of hydrogen-bond acceptors (Lipinski definition) is 5. The fraction of sp³-hybridized carbons (Fsp3) is 0.312. The van der Waals surface area contributed by atoms with Crippen LogP contribution in [0.2, 0.25) is 0 Å². The van der Waals surface area contributed by atoms with Gasteiger partial charge in [-0.05, 0) is 32.0 Å². The molecule has 1 heterocycles. The van der Waals surface area contributed by atoms with Crippen LogP contribution in [-0.4, -0.2) is 40.5 Å². The minimum absolute atomic E-state index is 0.0589. The molecule has 8 nitrogen and oxygen atoms in total. The molecule has 0 aliphatic carbocycles. The van der Waals surface area contributed by atoms with Crippen LogP contribution in [0.4, 0.5) is 5.69 Å². The van der Waals surface area contributed by atoms with Gasteiger partial charge in [-0.2, -0.15) is 5.10 Å². The van der Waals surface area contributed by atoms with Gasteiger partial charge in [-0.1, -0.05) is 0 Å². The highest BCUT2D eigenvalue weighted by Gasteiger charge is 2.16.